The lowest BCUT2D eigenvalue weighted by Gasteiger charge is -2.19. The molecule has 0 saturated heterocycles. The monoisotopic (exact) mass is 363 g/mol. The van der Waals surface area contributed by atoms with Crippen LogP contribution in [0.25, 0.3) is 0 Å². The van der Waals surface area contributed by atoms with Crippen LogP contribution in [0.3, 0.4) is 0 Å². The molecule has 2 aliphatic carbocycles. The Labute approximate surface area is 160 Å². The van der Waals surface area contributed by atoms with Gasteiger partial charge in [0, 0.05) is 5.92 Å². The average molecular weight is 364 g/mol. The Bertz CT molecular complexity index is 459. The standard InChI is InChI=1S/C23H41NO2/c1-3-4-8-17(2)13-20(25)10-11-21-22-15-18(9-6-5-7-12-24)14-19(22)16-23(21)26/h10-11,14,17,19-23,25-26H,3-9,12-13,15-16,24H2,1-2H3/b11-10+/t17-,19-,20+,21+,22-,23+/m0/s1. The van der Waals surface area contributed by atoms with Crippen LogP contribution in [0.5, 0.6) is 0 Å². The van der Waals surface area contributed by atoms with E-state index in [9.17, 15) is 10.2 Å². The second-order valence-electron chi connectivity index (χ2n) is 8.77. The second kappa shape index (κ2) is 11.3. The predicted molar refractivity (Wildman–Crippen MR) is 110 cm³/mol. The van der Waals surface area contributed by atoms with Crippen LogP contribution in [0.1, 0.15) is 78.1 Å². The molecule has 1 fully saturated rings. The van der Waals surface area contributed by atoms with Gasteiger partial charge in [0.25, 0.3) is 0 Å². The number of aliphatic hydroxyl groups is 2. The Kier molecular flexibility index (Phi) is 9.38. The highest BCUT2D eigenvalue weighted by Crippen LogP contribution is 2.48. The lowest BCUT2D eigenvalue weighted by atomic mass is 9.88. The van der Waals surface area contributed by atoms with Gasteiger partial charge in [-0.15, -0.1) is 0 Å². The molecule has 1 saturated carbocycles. The minimum absolute atomic E-state index is 0.207. The van der Waals surface area contributed by atoms with E-state index in [1.54, 1.807) is 5.57 Å². The number of hydrogen-bond donors (Lipinski definition) is 3. The molecule has 6 atom stereocenters. The minimum Gasteiger partial charge on any atom is -0.392 e. The molecule has 0 aromatic heterocycles. The van der Waals surface area contributed by atoms with Crippen LogP contribution in [0.15, 0.2) is 23.8 Å². The van der Waals surface area contributed by atoms with Crippen LogP contribution in [0, 0.1) is 23.7 Å². The van der Waals surface area contributed by atoms with E-state index in [0.29, 0.717) is 17.8 Å². The molecule has 2 rings (SSSR count). The van der Waals surface area contributed by atoms with E-state index in [4.69, 9.17) is 5.73 Å². The molecule has 3 heteroatoms. The number of fused-ring (bicyclic) bond motifs is 1. The van der Waals surface area contributed by atoms with Crippen LogP contribution in [0.2, 0.25) is 0 Å². The molecule has 0 amide bonds. The zero-order valence-electron chi connectivity index (χ0n) is 16.9. The molecule has 0 radical (unpaired) electrons. The van der Waals surface area contributed by atoms with E-state index >= 15 is 0 Å². The summed E-state index contributed by atoms with van der Waals surface area (Å²) in [4.78, 5) is 0. The van der Waals surface area contributed by atoms with E-state index in [-0.39, 0.29) is 18.1 Å². The summed E-state index contributed by atoms with van der Waals surface area (Å²) in [6.45, 7) is 5.23. The van der Waals surface area contributed by atoms with Gasteiger partial charge in [-0.1, -0.05) is 63.3 Å². The van der Waals surface area contributed by atoms with Crippen LogP contribution in [0.4, 0.5) is 0 Å². The summed E-state index contributed by atoms with van der Waals surface area (Å²) >= 11 is 0. The molecule has 2 aliphatic rings. The summed E-state index contributed by atoms with van der Waals surface area (Å²) < 4.78 is 0. The highest BCUT2D eigenvalue weighted by molar-refractivity contribution is 5.21. The lowest BCUT2D eigenvalue weighted by molar-refractivity contribution is 0.139. The van der Waals surface area contributed by atoms with Crippen molar-refractivity contribution in [2.45, 2.75) is 90.3 Å². The van der Waals surface area contributed by atoms with Crippen molar-refractivity contribution in [3.8, 4) is 0 Å². The third kappa shape index (κ3) is 6.51. The third-order valence-corrected chi connectivity index (χ3v) is 6.40. The Morgan fingerprint density at radius 1 is 1.27 bits per heavy atom. The van der Waals surface area contributed by atoms with Crippen molar-refractivity contribution >= 4 is 0 Å². The van der Waals surface area contributed by atoms with Crippen LogP contribution < -0.4 is 5.73 Å². The van der Waals surface area contributed by atoms with E-state index in [2.05, 4.69) is 26.0 Å². The quantitative estimate of drug-likeness (QED) is 0.351. The van der Waals surface area contributed by atoms with Crippen molar-refractivity contribution in [1.29, 1.82) is 0 Å². The fourth-order valence-corrected chi connectivity index (χ4v) is 4.88. The van der Waals surface area contributed by atoms with E-state index in [1.165, 1.54) is 38.5 Å². The Balaban J connectivity index is 1.79. The first-order chi connectivity index (χ1) is 12.5. The SMILES string of the molecule is CCCC[C@H](C)C[C@H](O)/C=C/[C@@H]1[C@H]2CC(CCCCCN)=C[C@H]2C[C@H]1O. The summed E-state index contributed by atoms with van der Waals surface area (Å²) in [5, 5.41) is 20.8. The average Bonchev–Trinajstić information content (AvgIpc) is 3.11. The van der Waals surface area contributed by atoms with Crippen molar-refractivity contribution in [3.63, 3.8) is 0 Å². The van der Waals surface area contributed by atoms with Gasteiger partial charge in [0.15, 0.2) is 0 Å². The second-order valence-corrected chi connectivity index (χ2v) is 8.77. The first kappa shape index (κ1) is 21.7. The molecule has 0 aliphatic heterocycles. The number of rotatable bonds is 12. The smallest absolute Gasteiger partial charge is 0.0723 e. The van der Waals surface area contributed by atoms with Crippen LogP contribution >= 0.6 is 0 Å². The van der Waals surface area contributed by atoms with Crippen LogP contribution in [-0.4, -0.2) is 29.0 Å². The predicted octanol–water partition coefficient (Wildman–Crippen LogP) is 4.58. The van der Waals surface area contributed by atoms with Crippen molar-refractivity contribution in [1.82, 2.24) is 0 Å². The van der Waals surface area contributed by atoms with Gasteiger partial charge in [0.05, 0.1) is 12.2 Å². The Morgan fingerprint density at radius 3 is 2.81 bits per heavy atom. The summed E-state index contributed by atoms with van der Waals surface area (Å²) in [6, 6.07) is 0. The van der Waals surface area contributed by atoms with Crippen molar-refractivity contribution in [2.75, 3.05) is 6.54 Å². The van der Waals surface area contributed by atoms with Gasteiger partial charge in [0.1, 0.15) is 0 Å². The molecule has 0 spiro atoms. The molecule has 26 heavy (non-hydrogen) atoms. The number of hydrogen-bond acceptors (Lipinski definition) is 3. The molecule has 0 aromatic carbocycles. The molecule has 0 bridgehead atoms. The zero-order valence-corrected chi connectivity index (χ0v) is 16.9. The highest BCUT2D eigenvalue weighted by Gasteiger charge is 2.43. The molecule has 4 N–H and O–H groups in total. The van der Waals surface area contributed by atoms with Gasteiger partial charge in [-0.25, -0.2) is 0 Å². The summed E-state index contributed by atoms with van der Waals surface area (Å²) in [7, 11) is 0. The van der Waals surface area contributed by atoms with Gasteiger partial charge in [-0.2, -0.15) is 0 Å². The van der Waals surface area contributed by atoms with E-state index in [0.717, 1.165) is 32.2 Å². The number of aliphatic hydroxyl groups excluding tert-OH is 2. The summed E-state index contributed by atoms with van der Waals surface area (Å²) in [6.07, 6.45) is 17.2. The molecular formula is C23H41NO2. The lowest BCUT2D eigenvalue weighted by Crippen LogP contribution is -2.18. The van der Waals surface area contributed by atoms with Crippen molar-refractivity contribution in [3.05, 3.63) is 23.8 Å². The normalized spacial score (nSPS) is 30.6. The summed E-state index contributed by atoms with van der Waals surface area (Å²) in [5.41, 5.74) is 7.15. The maximum absolute atomic E-state index is 10.5. The third-order valence-electron chi connectivity index (χ3n) is 6.40. The van der Waals surface area contributed by atoms with Gasteiger partial charge in [0.2, 0.25) is 0 Å². The Hall–Kier alpha value is -0.640. The zero-order chi connectivity index (χ0) is 18.9. The van der Waals surface area contributed by atoms with Gasteiger partial charge in [-0.05, 0) is 62.8 Å². The van der Waals surface area contributed by atoms with Gasteiger partial charge in [-0.3, -0.25) is 0 Å². The Morgan fingerprint density at radius 2 is 2.08 bits per heavy atom. The fraction of sp³-hybridized carbons (Fsp3) is 0.826. The minimum atomic E-state index is -0.377. The molecule has 0 unspecified atom stereocenters. The van der Waals surface area contributed by atoms with E-state index < -0.39 is 0 Å². The maximum Gasteiger partial charge on any atom is 0.0723 e. The van der Waals surface area contributed by atoms with E-state index in [1.807, 2.05) is 6.08 Å². The number of nitrogens with two attached hydrogens (primary N) is 1. The highest BCUT2D eigenvalue weighted by atomic mass is 16.3. The molecule has 150 valence electrons. The summed E-state index contributed by atoms with van der Waals surface area (Å²) in [5.74, 6) is 1.84. The molecule has 0 aromatic rings. The van der Waals surface area contributed by atoms with Crippen molar-refractivity contribution in [2.24, 2.45) is 29.4 Å². The molecule has 0 heterocycles. The maximum atomic E-state index is 10.5. The van der Waals surface area contributed by atoms with Crippen molar-refractivity contribution < 1.29 is 10.2 Å². The van der Waals surface area contributed by atoms with Gasteiger partial charge < -0.3 is 15.9 Å². The number of allylic oxidation sites excluding steroid dienone is 2. The fourth-order valence-electron chi connectivity index (χ4n) is 4.88. The van der Waals surface area contributed by atoms with Gasteiger partial charge >= 0.3 is 0 Å². The number of unbranched alkanes of at least 4 members (excludes halogenated alkanes) is 3. The molecule has 3 nitrogen and oxygen atoms in total. The largest absolute Gasteiger partial charge is 0.392 e. The first-order valence-corrected chi connectivity index (χ1v) is 11.0. The topological polar surface area (TPSA) is 66.5 Å². The first-order valence-electron chi connectivity index (χ1n) is 11.0. The van der Waals surface area contributed by atoms with Crippen LogP contribution in [-0.2, 0) is 0 Å². The molecular weight excluding hydrogens is 322 g/mol.